The van der Waals surface area contributed by atoms with Gasteiger partial charge in [0.15, 0.2) is 5.11 Å². The third-order valence-electron chi connectivity index (χ3n) is 1.33. The van der Waals surface area contributed by atoms with Crippen molar-refractivity contribution >= 4 is 29.7 Å². The van der Waals surface area contributed by atoms with Crippen molar-refractivity contribution in [3.8, 4) is 0 Å². The summed E-state index contributed by atoms with van der Waals surface area (Å²) in [4.78, 5) is 0. The van der Waals surface area contributed by atoms with Crippen LogP contribution < -0.4 is 11.1 Å². The molecule has 0 aromatic rings. The van der Waals surface area contributed by atoms with Crippen LogP contribution in [0, 0.1) is 0 Å². The monoisotopic (exact) mass is 196 g/mol. The molecule has 0 bridgehead atoms. The number of hydrogen-bond donors (Lipinski definition) is 2. The SMILES string of the molecule is CCCCCCNC(N)=S.Cl. The summed E-state index contributed by atoms with van der Waals surface area (Å²) in [6, 6.07) is 0. The average molecular weight is 197 g/mol. The van der Waals surface area contributed by atoms with Crippen molar-refractivity contribution in [2.24, 2.45) is 5.73 Å². The molecule has 0 aromatic heterocycles. The van der Waals surface area contributed by atoms with Crippen molar-refractivity contribution in [3.05, 3.63) is 0 Å². The number of rotatable bonds is 5. The molecule has 0 unspecified atom stereocenters. The van der Waals surface area contributed by atoms with Gasteiger partial charge in [0.25, 0.3) is 0 Å². The molecule has 0 saturated heterocycles. The van der Waals surface area contributed by atoms with Crippen LogP contribution in [0.25, 0.3) is 0 Å². The lowest BCUT2D eigenvalue weighted by Crippen LogP contribution is -2.29. The zero-order valence-corrected chi connectivity index (χ0v) is 8.56. The van der Waals surface area contributed by atoms with Crippen molar-refractivity contribution < 1.29 is 0 Å². The number of nitrogens with two attached hydrogens (primary N) is 1. The predicted molar refractivity (Wildman–Crippen MR) is 56.2 cm³/mol. The highest BCUT2D eigenvalue weighted by molar-refractivity contribution is 7.80. The number of hydrogen-bond acceptors (Lipinski definition) is 1. The molecule has 0 spiro atoms. The Bertz CT molecular complexity index is 98.4. The molecular weight excluding hydrogens is 180 g/mol. The van der Waals surface area contributed by atoms with Crippen LogP contribution in [0.4, 0.5) is 0 Å². The third kappa shape index (κ3) is 13.0. The van der Waals surface area contributed by atoms with E-state index in [1.165, 1.54) is 25.7 Å². The largest absolute Gasteiger partial charge is 0.376 e. The molecule has 0 aliphatic carbocycles. The third-order valence-corrected chi connectivity index (χ3v) is 1.47. The van der Waals surface area contributed by atoms with E-state index in [2.05, 4.69) is 24.5 Å². The summed E-state index contributed by atoms with van der Waals surface area (Å²) < 4.78 is 0. The zero-order chi connectivity index (χ0) is 7.82. The van der Waals surface area contributed by atoms with E-state index >= 15 is 0 Å². The molecule has 0 aliphatic rings. The minimum Gasteiger partial charge on any atom is -0.376 e. The van der Waals surface area contributed by atoms with E-state index in [1.54, 1.807) is 0 Å². The molecular formula is C7H17ClN2S. The molecule has 0 amide bonds. The fraction of sp³-hybridized carbons (Fsp3) is 0.857. The predicted octanol–water partition coefficient (Wildman–Crippen LogP) is 1.82. The molecule has 4 heteroatoms. The van der Waals surface area contributed by atoms with Crippen LogP contribution in [0.2, 0.25) is 0 Å². The van der Waals surface area contributed by atoms with Crippen molar-refractivity contribution in [3.63, 3.8) is 0 Å². The van der Waals surface area contributed by atoms with Gasteiger partial charge in [0, 0.05) is 6.54 Å². The van der Waals surface area contributed by atoms with Crippen LogP contribution >= 0.6 is 24.6 Å². The van der Waals surface area contributed by atoms with Gasteiger partial charge >= 0.3 is 0 Å². The highest BCUT2D eigenvalue weighted by Gasteiger charge is 1.87. The number of unbranched alkanes of at least 4 members (excludes halogenated alkanes) is 3. The molecule has 0 rings (SSSR count). The first-order valence-electron chi connectivity index (χ1n) is 3.80. The van der Waals surface area contributed by atoms with Crippen LogP contribution in [0.5, 0.6) is 0 Å². The molecule has 11 heavy (non-hydrogen) atoms. The van der Waals surface area contributed by atoms with Crippen LogP contribution in [-0.2, 0) is 0 Å². The maximum atomic E-state index is 5.23. The maximum absolute atomic E-state index is 5.23. The van der Waals surface area contributed by atoms with Gasteiger partial charge in [0.05, 0.1) is 0 Å². The Kier molecular flexibility index (Phi) is 12.3. The first-order valence-corrected chi connectivity index (χ1v) is 4.21. The Morgan fingerprint density at radius 1 is 1.36 bits per heavy atom. The smallest absolute Gasteiger partial charge is 0.163 e. The van der Waals surface area contributed by atoms with E-state index in [0.29, 0.717) is 5.11 Å². The molecule has 0 aliphatic heterocycles. The Morgan fingerprint density at radius 2 is 2.00 bits per heavy atom. The molecule has 68 valence electrons. The van der Waals surface area contributed by atoms with Crippen molar-refractivity contribution in [2.75, 3.05) is 6.54 Å². The molecule has 2 nitrogen and oxygen atoms in total. The number of halogens is 1. The van der Waals surface area contributed by atoms with Crippen LogP contribution in [-0.4, -0.2) is 11.7 Å². The highest BCUT2D eigenvalue weighted by atomic mass is 35.5. The van der Waals surface area contributed by atoms with Gasteiger partial charge < -0.3 is 11.1 Å². The van der Waals surface area contributed by atoms with Crippen molar-refractivity contribution in [2.45, 2.75) is 32.6 Å². The highest BCUT2D eigenvalue weighted by Crippen LogP contribution is 1.96. The molecule has 0 heterocycles. The topological polar surface area (TPSA) is 38.0 Å². The fourth-order valence-electron chi connectivity index (χ4n) is 0.763. The quantitative estimate of drug-likeness (QED) is 0.521. The summed E-state index contributed by atoms with van der Waals surface area (Å²) in [6.07, 6.45) is 5.02. The van der Waals surface area contributed by atoms with Crippen LogP contribution in [0.15, 0.2) is 0 Å². The van der Waals surface area contributed by atoms with E-state index in [-0.39, 0.29) is 12.4 Å². The van der Waals surface area contributed by atoms with Gasteiger partial charge in [-0.2, -0.15) is 0 Å². The summed E-state index contributed by atoms with van der Waals surface area (Å²) in [5, 5.41) is 3.33. The van der Waals surface area contributed by atoms with Gasteiger partial charge in [-0.15, -0.1) is 12.4 Å². The van der Waals surface area contributed by atoms with Crippen molar-refractivity contribution in [1.29, 1.82) is 0 Å². The average Bonchev–Trinajstić information content (AvgIpc) is 1.87. The minimum absolute atomic E-state index is 0. The van der Waals surface area contributed by atoms with Gasteiger partial charge in [0.2, 0.25) is 0 Å². The van der Waals surface area contributed by atoms with Crippen molar-refractivity contribution in [1.82, 2.24) is 5.32 Å². The van der Waals surface area contributed by atoms with Gasteiger partial charge in [-0.25, -0.2) is 0 Å². The lowest BCUT2D eigenvalue weighted by molar-refractivity contribution is 0.655. The summed E-state index contributed by atoms with van der Waals surface area (Å²) in [7, 11) is 0. The van der Waals surface area contributed by atoms with Crippen LogP contribution in [0.1, 0.15) is 32.6 Å². The molecule has 3 N–H and O–H groups in total. The molecule has 0 aromatic carbocycles. The standard InChI is InChI=1S/C7H16N2S.ClH/c1-2-3-4-5-6-9-7(8)10;/h2-6H2,1H3,(H3,8,9,10);1H. The Hall–Kier alpha value is -0.0200. The lowest BCUT2D eigenvalue weighted by Gasteiger charge is -2.01. The fourth-order valence-corrected chi connectivity index (χ4v) is 0.865. The second-order valence-corrected chi connectivity index (χ2v) is 2.79. The van der Waals surface area contributed by atoms with Crippen LogP contribution in [0.3, 0.4) is 0 Å². The Morgan fingerprint density at radius 3 is 2.45 bits per heavy atom. The van der Waals surface area contributed by atoms with E-state index < -0.39 is 0 Å². The van der Waals surface area contributed by atoms with Gasteiger partial charge in [-0.3, -0.25) is 0 Å². The Balaban J connectivity index is 0. The number of thiocarbonyl (C=S) groups is 1. The Labute approximate surface area is 80.3 Å². The first-order chi connectivity index (χ1) is 4.77. The van der Waals surface area contributed by atoms with E-state index in [4.69, 9.17) is 5.73 Å². The van der Waals surface area contributed by atoms with E-state index in [9.17, 15) is 0 Å². The van der Waals surface area contributed by atoms with E-state index in [0.717, 1.165) is 6.54 Å². The lowest BCUT2D eigenvalue weighted by atomic mass is 10.2. The number of nitrogens with one attached hydrogen (secondary N) is 1. The van der Waals surface area contributed by atoms with Gasteiger partial charge in [-0.05, 0) is 18.6 Å². The summed E-state index contributed by atoms with van der Waals surface area (Å²) in [6.45, 7) is 3.12. The normalized spacial score (nSPS) is 8.45. The zero-order valence-electron chi connectivity index (χ0n) is 6.93. The second-order valence-electron chi connectivity index (χ2n) is 2.35. The maximum Gasteiger partial charge on any atom is 0.163 e. The molecule has 0 atom stereocenters. The minimum atomic E-state index is 0. The van der Waals surface area contributed by atoms with E-state index in [1.807, 2.05) is 0 Å². The molecule has 0 saturated carbocycles. The summed E-state index contributed by atoms with van der Waals surface area (Å²) >= 11 is 4.64. The molecule has 0 fully saturated rings. The molecule has 0 radical (unpaired) electrons. The summed E-state index contributed by atoms with van der Waals surface area (Å²) in [5.74, 6) is 0. The van der Waals surface area contributed by atoms with Gasteiger partial charge in [0.1, 0.15) is 0 Å². The first kappa shape index (κ1) is 13.6. The second kappa shape index (κ2) is 9.98. The summed E-state index contributed by atoms with van der Waals surface area (Å²) in [5.41, 5.74) is 5.23. The van der Waals surface area contributed by atoms with Gasteiger partial charge in [-0.1, -0.05) is 26.2 Å².